The highest BCUT2D eigenvalue weighted by molar-refractivity contribution is 6.00. The number of aromatic amines is 1. The van der Waals surface area contributed by atoms with Crippen molar-refractivity contribution < 1.29 is 19.4 Å². The first-order valence-corrected chi connectivity index (χ1v) is 5.68. The summed E-state index contributed by atoms with van der Waals surface area (Å²) in [6.45, 7) is 4.38. The van der Waals surface area contributed by atoms with E-state index in [9.17, 15) is 9.59 Å². The van der Waals surface area contributed by atoms with Crippen LogP contribution in [0.5, 0.6) is 0 Å². The van der Waals surface area contributed by atoms with Crippen LogP contribution in [0.15, 0.2) is 0 Å². The number of aromatic carboxylic acids is 1. The molecule has 0 aliphatic carbocycles. The standard InChI is InChI=1S/C12H18N2O4/c1-7-9(8(2)14-10(7)12(16)17)11(15)13-5-4-6-18-3/h14H,4-6H2,1-3H3,(H,13,15)(H,16,17). The second kappa shape index (κ2) is 6.20. The number of hydrogen-bond acceptors (Lipinski definition) is 3. The number of H-pyrrole nitrogens is 1. The number of hydrogen-bond donors (Lipinski definition) is 3. The molecule has 6 heteroatoms. The highest BCUT2D eigenvalue weighted by Gasteiger charge is 2.20. The molecular weight excluding hydrogens is 236 g/mol. The van der Waals surface area contributed by atoms with Crippen molar-refractivity contribution in [2.24, 2.45) is 0 Å². The zero-order chi connectivity index (χ0) is 13.7. The van der Waals surface area contributed by atoms with E-state index in [0.717, 1.165) is 6.42 Å². The van der Waals surface area contributed by atoms with Gasteiger partial charge in [-0.1, -0.05) is 0 Å². The minimum Gasteiger partial charge on any atom is -0.477 e. The van der Waals surface area contributed by atoms with Crippen molar-refractivity contribution in [1.29, 1.82) is 0 Å². The van der Waals surface area contributed by atoms with Crippen molar-refractivity contribution >= 4 is 11.9 Å². The molecule has 18 heavy (non-hydrogen) atoms. The number of aryl methyl sites for hydroxylation is 1. The molecule has 0 aliphatic heterocycles. The zero-order valence-corrected chi connectivity index (χ0v) is 10.8. The van der Waals surface area contributed by atoms with Crippen LogP contribution in [0.25, 0.3) is 0 Å². The van der Waals surface area contributed by atoms with Crippen molar-refractivity contribution in [3.63, 3.8) is 0 Å². The van der Waals surface area contributed by atoms with Crippen LogP contribution in [0.2, 0.25) is 0 Å². The van der Waals surface area contributed by atoms with Gasteiger partial charge in [0, 0.05) is 26.0 Å². The molecule has 0 fully saturated rings. The maximum absolute atomic E-state index is 11.9. The number of aromatic nitrogens is 1. The van der Waals surface area contributed by atoms with Crippen LogP contribution in [-0.4, -0.2) is 42.2 Å². The number of methoxy groups -OCH3 is 1. The van der Waals surface area contributed by atoms with Gasteiger partial charge >= 0.3 is 5.97 Å². The number of nitrogens with one attached hydrogen (secondary N) is 2. The smallest absolute Gasteiger partial charge is 0.352 e. The topological polar surface area (TPSA) is 91.4 Å². The van der Waals surface area contributed by atoms with Crippen molar-refractivity contribution in [2.45, 2.75) is 20.3 Å². The highest BCUT2D eigenvalue weighted by atomic mass is 16.5. The molecule has 0 aromatic carbocycles. The molecular formula is C12H18N2O4. The number of carbonyl (C=O) groups excluding carboxylic acids is 1. The maximum Gasteiger partial charge on any atom is 0.352 e. The van der Waals surface area contributed by atoms with Gasteiger partial charge in [-0.05, 0) is 25.8 Å². The molecule has 0 atom stereocenters. The number of rotatable bonds is 6. The third kappa shape index (κ3) is 3.10. The lowest BCUT2D eigenvalue weighted by atomic mass is 10.1. The summed E-state index contributed by atoms with van der Waals surface area (Å²) in [4.78, 5) is 25.6. The Morgan fingerprint density at radius 1 is 1.39 bits per heavy atom. The second-order valence-electron chi connectivity index (χ2n) is 4.03. The monoisotopic (exact) mass is 254 g/mol. The van der Waals surface area contributed by atoms with E-state index in [2.05, 4.69) is 10.3 Å². The summed E-state index contributed by atoms with van der Waals surface area (Å²) in [5, 5.41) is 11.7. The molecule has 3 N–H and O–H groups in total. The van der Waals surface area contributed by atoms with Gasteiger partial charge in [-0.25, -0.2) is 4.79 Å². The van der Waals surface area contributed by atoms with Gasteiger partial charge in [0.15, 0.2) is 0 Å². The van der Waals surface area contributed by atoms with Gasteiger partial charge in [-0.2, -0.15) is 0 Å². The summed E-state index contributed by atoms with van der Waals surface area (Å²) in [5.41, 5.74) is 1.50. The number of carboxylic acids is 1. The third-order valence-corrected chi connectivity index (χ3v) is 2.69. The molecule has 1 amide bonds. The maximum atomic E-state index is 11.9. The number of carbonyl (C=O) groups is 2. The second-order valence-corrected chi connectivity index (χ2v) is 4.03. The summed E-state index contributed by atoms with van der Waals surface area (Å²) in [7, 11) is 1.60. The van der Waals surface area contributed by atoms with Crippen molar-refractivity contribution in [2.75, 3.05) is 20.3 Å². The van der Waals surface area contributed by atoms with E-state index in [1.165, 1.54) is 0 Å². The molecule has 0 saturated carbocycles. The van der Waals surface area contributed by atoms with Crippen molar-refractivity contribution in [3.05, 3.63) is 22.5 Å². The largest absolute Gasteiger partial charge is 0.477 e. The third-order valence-electron chi connectivity index (χ3n) is 2.69. The molecule has 1 rings (SSSR count). The van der Waals surface area contributed by atoms with Crippen LogP contribution in [0.3, 0.4) is 0 Å². The van der Waals surface area contributed by atoms with Crippen LogP contribution < -0.4 is 5.32 Å². The van der Waals surface area contributed by atoms with Gasteiger partial charge in [-0.3, -0.25) is 4.79 Å². The molecule has 1 aromatic heterocycles. The van der Waals surface area contributed by atoms with Crippen LogP contribution in [0.1, 0.15) is 38.5 Å². The lowest BCUT2D eigenvalue weighted by Gasteiger charge is -2.05. The average Bonchev–Trinajstić information content (AvgIpc) is 2.60. The molecule has 1 heterocycles. The first-order valence-electron chi connectivity index (χ1n) is 5.68. The average molecular weight is 254 g/mol. The van der Waals surface area contributed by atoms with E-state index in [0.29, 0.717) is 30.0 Å². The fraction of sp³-hybridized carbons (Fsp3) is 0.500. The highest BCUT2D eigenvalue weighted by Crippen LogP contribution is 2.17. The van der Waals surface area contributed by atoms with Crippen molar-refractivity contribution in [3.8, 4) is 0 Å². The zero-order valence-electron chi connectivity index (χ0n) is 10.8. The van der Waals surface area contributed by atoms with Crippen LogP contribution >= 0.6 is 0 Å². The molecule has 0 saturated heterocycles. The quantitative estimate of drug-likeness (QED) is 0.663. The lowest BCUT2D eigenvalue weighted by molar-refractivity contribution is 0.0690. The number of carboxylic acid groups (broad SMARTS) is 1. The number of amides is 1. The summed E-state index contributed by atoms with van der Waals surface area (Å²) in [6, 6.07) is 0. The van der Waals surface area contributed by atoms with Gasteiger partial charge in [0.2, 0.25) is 0 Å². The van der Waals surface area contributed by atoms with E-state index in [4.69, 9.17) is 9.84 Å². The van der Waals surface area contributed by atoms with E-state index >= 15 is 0 Å². The minimum atomic E-state index is -1.06. The predicted octanol–water partition coefficient (Wildman–Crippen LogP) is 1.10. The summed E-state index contributed by atoms with van der Waals surface area (Å²) in [6.07, 6.45) is 0.719. The first-order chi connectivity index (χ1) is 8.49. The molecule has 0 bridgehead atoms. The molecule has 0 aliphatic rings. The van der Waals surface area contributed by atoms with Crippen LogP contribution in [-0.2, 0) is 4.74 Å². The van der Waals surface area contributed by atoms with Crippen LogP contribution in [0, 0.1) is 13.8 Å². The first kappa shape index (κ1) is 14.2. The Bertz CT molecular complexity index is 451. The Hall–Kier alpha value is -1.82. The Balaban J connectivity index is 2.77. The fourth-order valence-corrected chi connectivity index (χ4v) is 1.81. The molecule has 0 unspecified atom stereocenters. The Labute approximate surface area is 105 Å². The Kier molecular flexibility index (Phi) is 4.91. The Morgan fingerprint density at radius 3 is 2.56 bits per heavy atom. The molecule has 100 valence electrons. The van der Waals surface area contributed by atoms with Gasteiger partial charge < -0.3 is 20.1 Å². The van der Waals surface area contributed by atoms with Gasteiger partial charge in [0.1, 0.15) is 5.69 Å². The number of ether oxygens (including phenoxy) is 1. The summed E-state index contributed by atoms with van der Waals surface area (Å²) in [5.74, 6) is -1.32. The van der Waals surface area contributed by atoms with Gasteiger partial charge in [0.05, 0.1) is 5.56 Å². The van der Waals surface area contributed by atoms with Gasteiger partial charge in [-0.15, -0.1) is 0 Å². The van der Waals surface area contributed by atoms with Crippen molar-refractivity contribution in [1.82, 2.24) is 10.3 Å². The normalized spacial score (nSPS) is 10.4. The van der Waals surface area contributed by atoms with Crippen LogP contribution in [0.4, 0.5) is 0 Å². The molecule has 1 aromatic rings. The molecule has 0 radical (unpaired) electrons. The lowest BCUT2D eigenvalue weighted by Crippen LogP contribution is -2.26. The summed E-state index contributed by atoms with van der Waals surface area (Å²) < 4.78 is 4.88. The minimum absolute atomic E-state index is 0.0644. The van der Waals surface area contributed by atoms with Gasteiger partial charge in [0.25, 0.3) is 5.91 Å². The van der Waals surface area contributed by atoms with E-state index in [1.54, 1.807) is 21.0 Å². The molecule has 6 nitrogen and oxygen atoms in total. The fourth-order valence-electron chi connectivity index (χ4n) is 1.81. The van der Waals surface area contributed by atoms with E-state index in [1.807, 2.05) is 0 Å². The molecule has 0 spiro atoms. The Morgan fingerprint density at radius 2 is 2.06 bits per heavy atom. The van der Waals surface area contributed by atoms with E-state index in [-0.39, 0.29) is 11.6 Å². The predicted molar refractivity (Wildman–Crippen MR) is 66.1 cm³/mol. The SMILES string of the molecule is COCCCNC(=O)c1c(C)[nH]c(C(=O)O)c1C. The summed E-state index contributed by atoms with van der Waals surface area (Å²) >= 11 is 0. The van der Waals surface area contributed by atoms with E-state index < -0.39 is 5.97 Å².